The van der Waals surface area contributed by atoms with Gasteiger partial charge in [-0.15, -0.1) is 0 Å². The Morgan fingerprint density at radius 2 is 0.800 bits per heavy atom. The molecule has 0 atom stereocenters. The van der Waals surface area contributed by atoms with Gasteiger partial charge >= 0.3 is 0 Å². The van der Waals surface area contributed by atoms with Crippen molar-refractivity contribution < 1.29 is 8.83 Å². The molecule has 0 bridgehead atoms. The molecule has 0 amide bonds. The van der Waals surface area contributed by atoms with Crippen LogP contribution in [0.3, 0.4) is 0 Å². The van der Waals surface area contributed by atoms with Crippen LogP contribution in [-0.2, 0) is 0 Å². The maximum Gasteiger partial charge on any atom is 0.136 e. The Balaban J connectivity index is 1.04. The van der Waals surface area contributed by atoms with E-state index in [9.17, 15) is 0 Å². The first-order chi connectivity index (χ1) is 24.8. The Bertz CT molecular complexity index is 3070. The van der Waals surface area contributed by atoms with Crippen LogP contribution >= 0.6 is 0 Å². The van der Waals surface area contributed by atoms with Gasteiger partial charge in [-0.1, -0.05) is 133 Å². The zero-order valence-corrected chi connectivity index (χ0v) is 27.0. The summed E-state index contributed by atoms with van der Waals surface area (Å²) in [5.74, 6) is 0. The molecule has 2 nitrogen and oxygen atoms in total. The maximum atomic E-state index is 6.52. The summed E-state index contributed by atoms with van der Waals surface area (Å²) in [5.41, 5.74) is 10.9. The molecule has 0 aliphatic rings. The van der Waals surface area contributed by atoms with Crippen LogP contribution in [0.2, 0.25) is 0 Å². The Labute approximate surface area is 287 Å². The van der Waals surface area contributed by atoms with Gasteiger partial charge in [-0.05, 0) is 102 Å². The Kier molecular flexibility index (Phi) is 5.70. The molecule has 2 aromatic heterocycles. The van der Waals surface area contributed by atoms with Gasteiger partial charge in [0.15, 0.2) is 0 Å². The zero-order chi connectivity index (χ0) is 32.8. The summed E-state index contributed by atoms with van der Waals surface area (Å²) in [6.45, 7) is 0. The fourth-order valence-electron chi connectivity index (χ4n) is 8.18. The molecular weight excluding hydrogens is 609 g/mol. The maximum absolute atomic E-state index is 6.52. The first kappa shape index (κ1) is 27.3. The van der Waals surface area contributed by atoms with Gasteiger partial charge in [0, 0.05) is 21.5 Å². The van der Waals surface area contributed by atoms with Gasteiger partial charge in [-0.2, -0.15) is 0 Å². The molecule has 0 aliphatic heterocycles. The molecule has 232 valence electrons. The average molecular weight is 637 g/mol. The van der Waals surface area contributed by atoms with Gasteiger partial charge in [0.05, 0.1) is 0 Å². The molecule has 11 aromatic rings. The van der Waals surface area contributed by atoms with Crippen molar-refractivity contribution in [3.63, 3.8) is 0 Å². The summed E-state index contributed by atoms with van der Waals surface area (Å²) in [6.07, 6.45) is 0. The number of rotatable bonds is 3. The van der Waals surface area contributed by atoms with Gasteiger partial charge in [0.2, 0.25) is 0 Å². The van der Waals surface area contributed by atoms with E-state index in [1.54, 1.807) is 0 Å². The van der Waals surface area contributed by atoms with Gasteiger partial charge in [-0.25, -0.2) is 0 Å². The van der Waals surface area contributed by atoms with E-state index in [4.69, 9.17) is 8.83 Å². The van der Waals surface area contributed by atoms with Gasteiger partial charge < -0.3 is 8.83 Å². The summed E-state index contributed by atoms with van der Waals surface area (Å²) in [5, 5.41) is 11.9. The highest BCUT2D eigenvalue weighted by Crippen LogP contribution is 2.44. The lowest BCUT2D eigenvalue weighted by Crippen LogP contribution is -1.90. The van der Waals surface area contributed by atoms with Crippen LogP contribution in [0, 0.1) is 0 Å². The lowest BCUT2D eigenvalue weighted by molar-refractivity contribution is 0.668. The first-order valence-corrected chi connectivity index (χ1v) is 17.1. The molecule has 0 radical (unpaired) electrons. The standard InChI is InChI=1S/C48H28O2/c1-2-10-30(11-3-1)46-35-13-4-6-15-37(35)47(38-16-7-5-14-36(38)46)31-20-18-29(19-21-31)32-22-24-39-44(26-32)50-43-25-23-33-27-45-41(28-40(33)48(39)43)34-12-8-9-17-42(34)49-45/h1-28H. The topological polar surface area (TPSA) is 26.3 Å². The van der Waals surface area contributed by atoms with Crippen molar-refractivity contribution in [1.29, 1.82) is 0 Å². The molecule has 0 saturated carbocycles. The molecule has 2 heteroatoms. The molecule has 0 fully saturated rings. The normalized spacial score (nSPS) is 12.0. The van der Waals surface area contributed by atoms with Crippen molar-refractivity contribution in [2.45, 2.75) is 0 Å². The molecule has 0 aliphatic carbocycles. The average Bonchev–Trinajstić information content (AvgIpc) is 3.74. The second-order valence-corrected chi connectivity index (χ2v) is 13.2. The zero-order valence-electron chi connectivity index (χ0n) is 27.0. The summed E-state index contributed by atoms with van der Waals surface area (Å²) >= 11 is 0. The van der Waals surface area contributed by atoms with Crippen LogP contribution in [0.1, 0.15) is 0 Å². The Morgan fingerprint density at radius 1 is 0.260 bits per heavy atom. The highest BCUT2D eigenvalue weighted by Gasteiger charge is 2.18. The minimum Gasteiger partial charge on any atom is -0.456 e. The minimum atomic E-state index is 0.889. The van der Waals surface area contributed by atoms with Crippen LogP contribution in [0.4, 0.5) is 0 Å². The number of benzene rings is 9. The number of fused-ring (bicyclic) bond motifs is 10. The van der Waals surface area contributed by atoms with E-state index in [0.29, 0.717) is 0 Å². The lowest BCUT2D eigenvalue weighted by atomic mass is 9.86. The third-order valence-electron chi connectivity index (χ3n) is 10.5. The Morgan fingerprint density at radius 3 is 1.50 bits per heavy atom. The molecule has 50 heavy (non-hydrogen) atoms. The van der Waals surface area contributed by atoms with Crippen molar-refractivity contribution in [2.24, 2.45) is 0 Å². The van der Waals surface area contributed by atoms with Crippen molar-refractivity contribution in [3.8, 4) is 33.4 Å². The number of hydrogen-bond donors (Lipinski definition) is 0. The van der Waals surface area contributed by atoms with Crippen molar-refractivity contribution in [1.82, 2.24) is 0 Å². The summed E-state index contributed by atoms with van der Waals surface area (Å²) < 4.78 is 12.7. The van der Waals surface area contributed by atoms with E-state index in [1.165, 1.54) is 49.2 Å². The fraction of sp³-hybridized carbons (Fsp3) is 0. The second-order valence-electron chi connectivity index (χ2n) is 13.2. The fourth-order valence-corrected chi connectivity index (χ4v) is 8.18. The predicted molar refractivity (Wildman–Crippen MR) is 210 cm³/mol. The first-order valence-electron chi connectivity index (χ1n) is 17.1. The molecule has 2 heterocycles. The molecule has 11 rings (SSSR count). The van der Waals surface area contributed by atoms with Gasteiger partial charge in [0.1, 0.15) is 22.3 Å². The largest absolute Gasteiger partial charge is 0.456 e. The number of furan rings is 2. The van der Waals surface area contributed by atoms with E-state index in [1.807, 2.05) is 12.1 Å². The SMILES string of the molecule is c1ccc(-c2c3ccccc3c(-c3ccc(-c4ccc5c(c4)oc4ccc6cc7oc8ccccc8c7cc6c45)cc3)c3ccccc23)cc1. The molecule has 9 aromatic carbocycles. The monoisotopic (exact) mass is 636 g/mol. The van der Waals surface area contributed by atoms with Crippen molar-refractivity contribution in [3.05, 3.63) is 170 Å². The van der Waals surface area contributed by atoms with Crippen LogP contribution in [0.15, 0.2) is 179 Å². The van der Waals surface area contributed by atoms with Crippen molar-refractivity contribution in [2.75, 3.05) is 0 Å². The van der Waals surface area contributed by atoms with E-state index in [0.717, 1.165) is 60.4 Å². The van der Waals surface area contributed by atoms with E-state index < -0.39 is 0 Å². The van der Waals surface area contributed by atoms with Crippen LogP contribution in [0.25, 0.3) is 110 Å². The van der Waals surface area contributed by atoms with E-state index >= 15 is 0 Å². The third-order valence-corrected chi connectivity index (χ3v) is 10.5. The summed E-state index contributed by atoms with van der Waals surface area (Å²) in [4.78, 5) is 0. The summed E-state index contributed by atoms with van der Waals surface area (Å²) in [7, 11) is 0. The summed E-state index contributed by atoms with van der Waals surface area (Å²) in [6, 6.07) is 60.9. The number of hydrogen-bond acceptors (Lipinski definition) is 2. The van der Waals surface area contributed by atoms with E-state index in [2.05, 4.69) is 158 Å². The molecule has 0 N–H and O–H groups in total. The van der Waals surface area contributed by atoms with Crippen molar-refractivity contribution >= 4 is 76.2 Å². The predicted octanol–water partition coefficient (Wildman–Crippen LogP) is 13.9. The third kappa shape index (κ3) is 3.96. The molecule has 0 saturated heterocycles. The minimum absolute atomic E-state index is 0.889. The van der Waals surface area contributed by atoms with Crippen LogP contribution in [-0.4, -0.2) is 0 Å². The number of para-hydroxylation sites is 1. The lowest BCUT2D eigenvalue weighted by Gasteiger charge is -2.18. The smallest absolute Gasteiger partial charge is 0.136 e. The Hall–Kier alpha value is -6.64. The quantitative estimate of drug-likeness (QED) is 0.180. The van der Waals surface area contributed by atoms with Crippen LogP contribution < -0.4 is 0 Å². The molecule has 0 spiro atoms. The van der Waals surface area contributed by atoms with E-state index in [-0.39, 0.29) is 0 Å². The highest BCUT2D eigenvalue weighted by atomic mass is 16.3. The van der Waals surface area contributed by atoms with Gasteiger partial charge in [-0.3, -0.25) is 0 Å². The highest BCUT2D eigenvalue weighted by molar-refractivity contribution is 6.23. The molecular formula is C48H28O2. The van der Waals surface area contributed by atoms with Gasteiger partial charge in [0.25, 0.3) is 0 Å². The second kappa shape index (κ2) is 10.4. The molecule has 0 unspecified atom stereocenters. The van der Waals surface area contributed by atoms with Crippen LogP contribution in [0.5, 0.6) is 0 Å².